The zero-order valence-electron chi connectivity index (χ0n) is 6.37. The minimum Gasteiger partial charge on any atom is -0.103 e. The van der Waals surface area contributed by atoms with Crippen LogP contribution < -0.4 is 0 Å². The molecule has 0 aromatic carbocycles. The fraction of sp³-hybridized carbons (Fsp3) is 0.500. The molecule has 60 valence electrons. The quantitative estimate of drug-likeness (QED) is 0.449. The molecule has 0 saturated heterocycles. The van der Waals surface area contributed by atoms with Crippen LogP contribution in [0.3, 0.4) is 0 Å². The predicted molar refractivity (Wildman–Crippen MR) is 50.6 cm³/mol. The third-order valence-electron chi connectivity index (χ3n) is 0.762. The van der Waals surface area contributed by atoms with Gasteiger partial charge in [-0.1, -0.05) is 55.6 Å². The third-order valence-corrected chi connectivity index (χ3v) is 0.762. The fourth-order valence-corrected chi connectivity index (χ4v) is 0.348. The van der Waals surface area contributed by atoms with Crippen molar-refractivity contribution in [1.82, 2.24) is 0 Å². The predicted octanol–water partition coefficient (Wildman–Crippen LogP) is 4.30. The van der Waals surface area contributed by atoms with E-state index in [2.05, 4.69) is 20.1 Å². The number of allylic oxidation sites excluding steroid dienone is 1. The van der Waals surface area contributed by atoms with Crippen LogP contribution in [0.15, 0.2) is 23.7 Å². The standard InChI is InChI=1S/C6H12.C2H2Cl2/c1-3-5-6-4-2;1-2(3)4/h3H,1,4-6H2,2H3;1H2. The number of rotatable bonds is 3. The van der Waals surface area contributed by atoms with E-state index in [1.165, 1.54) is 19.3 Å². The first-order valence-corrected chi connectivity index (χ1v) is 4.01. The fourth-order valence-electron chi connectivity index (χ4n) is 0.348. The zero-order valence-corrected chi connectivity index (χ0v) is 7.88. The molecule has 0 aliphatic heterocycles. The third kappa shape index (κ3) is 42.9. The number of halogens is 2. The molecule has 0 N–H and O–H groups in total. The molecule has 0 rings (SSSR count). The summed E-state index contributed by atoms with van der Waals surface area (Å²) in [6, 6.07) is 0. The van der Waals surface area contributed by atoms with E-state index in [0.29, 0.717) is 0 Å². The Morgan fingerprint density at radius 1 is 1.50 bits per heavy atom. The van der Waals surface area contributed by atoms with Crippen molar-refractivity contribution in [3.63, 3.8) is 0 Å². The van der Waals surface area contributed by atoms with Crippen molar-refractivity contribution in [3.05, 3.63) is 23.7 Å². The Hall–Kier alpha value is 0.0600. The van der Waals surface area contributed by atoms with E-state index in [0.717, 1.165) is 0 Å². The molecule has 0 aliphatic carbocycles. The summed E-state index contributed by atoms with van der Waals surface area (Å²) in [6.45, 7) is 8.87. The maximum Gasteiger partial charge on any atom is 0.0992 e. The average molecular weight is 181 g/mol. The van der Waals surface area contributed by atoms with Crippen LogP contribution in [0, 0.1) is 0 Å². The molecule has 0 spiro atoms. The van der Waals surface area contributed by atoms with Crippen LogP contribution in [0.4, 0.5) is 0 Å². The molecular formula is C8H14Cl2. The van der Waals surface area contributed by atoms with Gasteiger partial charge in [0.1, 0.15) is 0 Å². The van der Waals surface area contributed by atoms with Crippen molar-refractivity contribution < 1.29 is 0 Å². The van der Waals surface area contributed by atoms with Gasteiger partial charge in [-0.25, -0.2) is 0 Å². The minimum absolute atomic E-state index is 0.111. The van der Waals surface area contributed by atoms with E-state index in [1.807, 2.05) is 6.08 Å². The van der Waals surface area contributed by atoms with E-state index in [4.69, 9.17) is 23.2 Å². The molecule has 0 amide bonds. The van der Waals surface area contributed by atoms with Gasteiger partial charge in [0.25, 0.3) is 0 Å². The van der Waals surface area contributed by atoms with E-state index >= 15 is 0 Å². The molecule has 0 fully saturated rings. The Morgan fingerprint density at radius 2 is 1.90 bits per heavy atom. The molecule has 0 aromatic rings. The van der Waals surface area contributed by atoms with Crippen molar-refractivity contribution in [3.8, 4) is 0 Å². The smallest absolute Gasteiger partial charge is 0.0992 e. The second-order valence-electron chi connectivity index (χ2n) is 1.77. The van der Waals surface area contributed by atoms with E-state index < -0.39 is 0 Å². The molecule has 0 saturated carbocycles. The molecule has 10 heavy (non-hydrogen) atoms. The lowest BCUT2D eigenvalue weighted by molar-refractivity contribution is 0.816. The first-order chi connectivity index (χ1) is 4.65. The van der Waals surface area contributed by atoms with Crippen molar-refractivity contribution >= 4 is 23.2 Å². The molecule has 2 heteroatoms. The van der Waals surface area contributed by atoms with Crippen molar-refractivity contribution in [1.29, 1.82) is 0 Å². The normalized spacial score (nSPS) is 7.50. The lowest BCUT2D eigenvalue weighted by atomic mass is 10.3. The maximum absolute atomic E-state index is 4.85. The lowest BCUT2D eigenvalue weighted by Gasteiger charge is -1.81. The van der Waals surface area contributed by atoms with Gasteiger partial charge in [-0.2, -0.15) is 0 Å². The Morgan fingerprint density at radius 3 is 2.00 bits per heavy atom. The molecule has 0 bridgehead atoms. The van der Waals surface area contributed by atoms with Crippen molar-refractivity contribution in [2.24, 2.45) is 0 Å². The minimum atomic E-state index is 0.111. The zero-order chi connectivity index (χ0) is 8.41. The molecule has 0 unspecified atom stereocenters. The van der Waals surface area contributed by atoms with Crippen LogP contribution in [0.5, 0.6) is 0 Å². The van der Waals surface area contributed by atoms with Gasteiger partial charge in [0.05, 0.1) is 4.49 Å². The molecule has 0 radical (unpaired) electrons. The highest BCUT2D eigenvalue weighted by Gasteiger charge is 1.71. The van der Waals surface area contributed by atoms with Gasteiger partial charge in [0.15, 0.2) is 0 Å². The summed E-state index contributed by atoms with van der Waals surface area (Å²) in [7, 11) is 0. The van der Waals surface area contributed by atoms with Gasteiger partial charge in [0.2, 0.25) is 0 Å². The van der Waals surface area contributed by atoms with E-state index in [-0.39, 0.29) is 4.49 Å². The highest BCUT2D eigenvalue weighted by atomic mass is 35.5. The number of hydrogen-bond acceptors (Lipinski definition) is 0. The van der Waals surface area contributed by atoms with Gasteiger partial charge in [-0.15, -0.1) is 6.58 Å². The Labute approximate surface area is 73.5 Å². The molecule has 0 nitrogen and oxygen atoms in total. The van der Waals surface area contributed by atoms with Crippen LogP contribution in [-0.4, -0.2) is 0 Å². The Kier molecular flexibility index (Phi) is 15.0. The first kappa shape index (κ1) is 12.7. The first-order valence-electron chi connectivity index (χ1n) is 3.26. The maximum atomic E-state index is 4.85. The molecule has 0 heterocycles. The molecule has 0 aromatic heterocycles. The van der Waals surface area contributed by atoms with E-state index in [1.54, 1.807) is 0 Å². The highest BCUT2D eigenvalue weighted by molar-refractivity contribution is 6.55. The molecular weight excluding hydrogens is 167 g/mol. The van der Waals surface area contributed by atoms with Crippen molar-refractivity contribution in [2.75, 3.05) is 0 Å². The van der Waals surface area contributed by atoms with Gasteiger partial charge >= 0.3 is 0 Å². The van der Waals surface area contributed by atoms with Crippen LogP contribution in [0.2, 0.25) is 0 Å². The van der Waals surface area contributed by atoms with Crippen LogP contribution in [0.25, 0.3) is 0 Å². The summed E-state index contributed by atoms with van der Waals surface area (Å²) in [5.74, 6) is 0. The lowest BCUT2D eigenvalue weighted by Crippen LogP contribution is -1.61. The summed E-state index contributed by atoms with van der Waals surface area (Å²) < 4.78 is 0.111. The topological polar surface area (TPSA) is 0 Å². The summed E-state index contributed by atoms with van der Waals surface area (Å²) in [5.41, 5.74) is 0. The average Bonchev–Trinajstić information content (AvgIpc) is 1.82. The molecule has 0 atom stereocenters. The summed E-state index contributed by atoms with van der Waals surface area (Å²) in [6.07, 6.45) is 5.72. The Bertz CT molecular complexity index is 83.3. The van der Waals surface area contributed by atoms with Crippen LogP contribution in [0.1, 0.15) is 26.2 Å². The second-order valence-corrected chi connectivity index (χ2v) is 2.88. The van der Waals surface area contributed by atoms with Crippen LogP contribution in [-0.2, 0) is 0 Å². The largest absolute Gasteiger partial charge is 0.103 e. The Balaban J connectivity index is 0. The number of unbranched alkanes of at least 4 members (excludes halogenated alkanes) is 2. The van der Waals surface area contributed by atoms with Gasteiger partial charge < -0.3 is 0 Å². The monoisotopic (exact) mass is 180 g/mol. The van der Waals surface area contributed by atoms with Gasteiger partial charge in [-0.05, 0) is 6.42 Å². The number of hydrogen-bond donors (Lipinski definition) is 0. The van der Waals surface area contributed by atoms with E-state index in [9.17, 15) is 0 Å². The van der Waals surface area contributed by atoms with Gasteiger partial charge in [-0.3, -0.25) is 0 Å². The second kappa shape index (κ2) is 11.8. The summed E-state index contributed by atoms with van der Waals surface area (Å²) in [4.78, 5) is 0. The molecule has 0 aliphatic rings. The van der Waals surface area contributed by atoms with Crippen molar-refractivity contribution in [2.45, 2.75) is 26.2 Å². The summed E-state index contributed by atoms with van der Waals surface area (Å²) in [5, 5.41) is 0. The van der Waals surface area contributed by atoms with Crippen LogP contribution >= 0.6 is 23.2 Å². The highest BCUT2D eigenvalue weighted by Crippen LogP contribution is 1.98. The summed E-state index contributed by atoms with van der Waals surface area (Å²) >= 11 is 9.69. The van der Waals surface area contributed by atoms with Gasteiger partial charge in [0, 0.05) is 0 Å². The SMILES string of the molecule is C=C(Cl)Cl.C=CCCCC.